The first-order chi connectivity index (χ1) is 13.6. The molecule has 2 aromatic carbocycles. The van der Waals surface area contributed by atoms with Crippen molar-refractivity contribution in [3.8, 4) is 22.4 Å². The van der Waals surface area contributed by atoms with E-state index in [-0.39, 0.29) is 0 Å². The summed E-state index contributed by atoms with van der Waals surface area (Å²) in [7, 11) is 1.96. The first-order valence-corrected chi connectivity index (χ1v) is 9.98. The van der Waals surface area contributed by atoms with E-state index in [0.29, 0.717) is 6.42 Å². The minimum absolute atomic E-state index is 0.337. The minimum Gasteiger partial charge on any atom is -0.481 e. The average molecular weight is 379 g/mol. The number of carboxylic acid groups (broad SMARTS) is 1. The zero-order valence-electron chi connectivity index (χ0n) is 16.8. The smallest absolute Gasteiger partial charge is 0.303 e. The lowest BCUT2D eigenvalue weighted by Gasteiger charge is -2.02. The maximum atomic E-state index is 10.0. The molecule has 0 aliphatic rings. The lowest BCUT2D eigenvalue weighted by Crippen LogP contribution is -1.93. The Morgan fingerprint density at radius 1 is 0.893 bits per heavy atom. The van der Waals surface area contributed by atoms with Gasteiger partial charge in [-0.05, 0) is 12.0 Å². The summed E-state index contributed by atoms with van der Waals surface area (Å²) in [4.78, 5) is 10.0. The summed E-state index contributed by atoms with van der Waals surface area (Å²) in [5.74, 6) is -0.670. The van der Waals surface area contributed by atoms with Gasteiger partial charge < -0.3 is 5.11 Å². The van der Waals surface area contributed by atoms with Crippen LogP contribution >= 0.6 is 0 Å². The van der Waals surface area contributed by atoms with E-state index in [9.17, 15) is 4.79 Å². The lowest BCUT2D eigenvalue weighted by molar-refractivity contribution is -0.137. The number of hydrogen-bond donors (Lipinski definition) is 1. The van der Waals surface area contributed by atoms with E-state index in [0.717, 1.165) is 24.1 Å². The summed E-state index contributed by atoms with van der Waals surface area (Å²) >= 11 is 0. The molecule has 1 aromatic heterocycles. The van der Waals surface area contributed by atoms with Crippen LogP contribution in [0.1, 0.15) is 45.4 Å². The molecule has 0 radical (unpaired) electrons. The second-order valence-corrected chi connectivity index (χ2v) is 6.86. The van der Waals surface area contributed by atoms with Crippen LogP contribution in [0, 0.1) is 0 Å². The van der Waals surface area contributed by atoms with Crippen LogP contribution in [-0.4, -0.2) is 20.9 Å². The van der Waals surface area contributed by atoms with E-state index in [4.69, 9.17) is 5.11 Å². The Bertz CT molecular complexity index is 769. The van der Waals surface area contributed by atoms with Crippen molar-refractivity contribution in [2.45, 2.75) is 45.4 Å². The molecule has 0 aliphatic heterocycles. The van der Waals surface area contributed by atoms with Gasteiger partial charge in [0.2, 0.25) is 0 Å². The van der Waals surface area contributed by atoms with E-state index in [1.54, 1.807) is 0 Å². The molecular formula is C24H30N2O2. The molecule has 0 bridgehead atoms. The average Bonchev–Trinajstić information content (AvgIpc) is 3.11. The topological polar surface area (TPSA) is 55.1 Å². The predicted molar refractivity (Wildman–Crippen MR) is 115 cm³/mol. The maximum Gasteiger partial charge on any atom is 0.303 e. The lowest BCUT2D eigenvalue weighted by atomic mass is 10.0. The van der Waals surface area contributed by atoms with Crippen molar-refractivity contribution >= 4 is 5.97 Å². The van der Waals surface area contributed by atoms with Crippen molar-refractivity contribution in [2.24, 2.45) is 7.05 Å². The SMILES string of the molecule is CCCCCCCC(=O)O.Cn1cc(-c2ccccc2)c(-c2ccccc2)n1. The Morgan fingerprint density at radius 2 is 1.46 bits per heavy atom. The van der Waals surface area contributed by atoms with Crippen LogP contribution in [0.5, 0.6) is 0 Å². The molecular weight excluding hydrogens is 348 g/mol. The summed E-state index contributed by atoms with van der Waals surface area (Å²) < 4.78 is 1.87. The molecule has 1 heterocycles. The molecule has 0 amide bonds. The Morgan fingerprint density at radius 3 is 2.04 bits per heavy atom. The number of aliphatic carboxylic acids is 1. The van der Waals surface area contributed by atoms with E-state index >= 15 is 0 Å². The van der Waals surface area contributed by atoms with E-state index in [2.05, 4.69) is 54.6 Å². The summed E-state index contributed by atoms with van der Waals surface area (Å²) in [6.45, 7) is 2.15. The zero-order valence-corrected chi connectivity index (χ0v) is 16.8. The van der Waals surface area contributed by atoms with Crippen molar-refractivity contribution in [1.29, 1.82) is 0 Å². The van der Waals surface area contributed by atoms with Gasteiger partial charge in [0.15, 0.2) is 0 Å². The van der Waals surface area contributed by atoms with E-state index in [1.807, 2.05) is 36.0 Å². The Labute approximate surface area is 167 Å². The number of hydrogen-bond acceptors (Lipinski definition) is 2. The normalized spacial score (nSPS) is 10.2. The van der Waals surface area contributed by atoms with Crippen LogP contribution in [0.3, 0.4) is 0 Å². The highest BCUT2D eigenvalue weighted by Crippen LogP contribution is 2.30. The standard InChI is InChI=1S/C16H14N2.C8H16O2/c1-18-12-15(13-8-4-2-5-9-13)16(17-18)14-10-6-3-7-11-14;1-2-3-4-5-6-7-8(9)10/h2-12H,1H3;2-7H2,1H3,(H,9,10). The first kappa shape index (κ1) is 21.4. The quantitative estimate of drug-likeness (QED) is 0.476. The van der Waals surface area contributed by atoms with Gasteiger partial charge >= 0.3 is 5.97 Å². The number of nitrogens with zero attached hydrogens (tertiary/aromatic N) is 2. The molecule has 0 saturated heterocycles. The third-order valence-corrected chi connectivity index (χ3v) is 4.46. The molecule has 1 N–H and O–H groups in total. The van der Waals surface area contributed by atoms with E-state index < -0.39 is 5.97 Å². The number of aryl methyl sites for hydroxylation is 1. The van der Waals surface area contributed by atoms with Crippen molar-refractivity contribution in [1.82, 2.24) is 9.78 Å². The van der Waals surface area contributed by atoms with Gasteiger partial charge in [0, 0.05) is 30.8 Å². The van der Waals surface area contributed by atoms with Gasteiger partial charge in [0.25, 0.3) is 0 Å². The monoisotopic (exact) mass is 378 g/mol. The highest BCUT2D eigenvalue weighted by atomic mass is 16.4. The Hall–Kier alpha value is -2.88. The van der Waals surface area contributed by atoms with Gasteiger partial charge in [-0.2, -0.15) is 5.10 Å². The summed E-state index contributed by atoms with van der Waals surface area (Å²) in [6.07, 6.45) is 7.95. The van der Waals surface area contributed by atoms with Crippen LogP contribution in [0.25, 0.3) is 22.4 Å². The van der Waals surface area contributed by atoms with Crippen LogP contribution < -0.4 is 0 Å². The highest BCUT2D eigenvalue weighted by molar-refractivity contribution is 5.80. The highest BCUT2D eigenvalue weighted by Gasteiger charge is 2.11. The molecule has 28 heavy (non-hydrogen) atoms. The molecule has 4 nitrogen and oxygen atoms in total. The van der Waals surface area contributed by atoms with Crippen molar-refractivity contribution in [3.05, 3.63) is 66.9 Å². The number of carbonyl (C=O) groups is 1. The third-order valence-electron chi connectivity index (χ3n) is 4.46. The molecule has 4 heteroatoms. The van der Waals surface area contributed by atoms with Crippen LogP contribution in [0.4, 0.5) is 0 Å². The summed E-state index contributed by atoms with van der Waals surface area (Å²) in [5.41, 5.74) is 4.55. The van der Waals surface area contributed by atoms with Crippen molar-refractivity contribution in [2.75, 3.05) is 0 Å². The number of benzene rings is 2. The van der Waals surface area contributed by atoms with Crippen LogP contribution in [-0.2, 0) is 11.8 Å². The largest absolute Gasteiger partial charge is 0.481 e. The molecule has 0 spiro atoms. The van der Waals surface area contributed by atoms with Gasteiger partial charge in [0.05, 0.1) is 0 Å². The van der Waals surface area contributed by atoms with Crippen molar-refractivity contribution in [3.63, 3.8) is 0 Å². The predicted octanol–water partition coefficient (Wildman–Crippen LogP) is 6.19. The maximum absolute atomic E-state index is 10.0. The molecule has 0 aliphatic carbocycles. The number of aromatic nitrogens is 2. The molecule has 3 rings (SSSR count). The molecule has 3 aromatic rings. The van der Waals surface area contributed by atoms with E-state index in [1.165, 1.54) is 30.4 Å². The number of unbranched alkanes of at least 4 members (excludes halogenated alkanes) is 4. The van der Waals surface area contributed by atoms with Gasteiger partial charge in [0.1, 0.15) is 5.69 Å². The second kappa shape index (κ2) is 11.8. The van der Waals surface area contributed by atoms with Crippen molar-refractivity contribution < 1.29 is 9.90 Å². The third kappa shape index (κ3) is 7.03. The van der Waals surface area contributed by atoms with Gasteiger partial charge in [-0.15, -0.1) is 0 Å². The zero-order chi connectivity index (χ0) is 20.2. The molecule has 0 unspecified atom stereocenters. The molecule has 148 valence electrons. The Kier molecular flexibility index (Phi) is 8.99. The fourth-order valence-corrected chi connectivity index (χ4v) is 3.01. The number of carboxylic acids is 1. The summed E-state index contributed by atoms with van der Waals surface area (Å²) in [5, 5.41) is 12.8. The minimum atomic E-state index is -0.670. The molecule has 0 fully saturated rings. The number of rotatable bonds is 8. The van der Waals surface area contributed by atoms with Gasteiger partial charge in [-0.25, -0.2) is 0 Å². The molecule has 0 saturated carbocycles. The second-order valence-electron chi connectivity index (χ2n) is 6.86. The van der Waals surface area contributed by atoms with Gasteiger partial charge in [-0.1, -0.05) is 93.3 Å². The fourth-order valence-electron chi connectivity index (χ4n) is 3.01. The van der Waals surface area contributed by atoms with Crippen LogP contribution in [0.2, 0.25) is 0 Å². The fraction of sp³-hybridized carbons (Fsp3) is 0.333. The van der Waals surface area contributed by atoms with Gasteiger partial charge in [-0.3, -0.25) is 9.48 Å². The first-order valence-electron chi connectivity index (χ1n) is 9.98. The summed E-state index contributed by atoms with van der Waals surface area (Å²) in [6, 6.07) is 20.7. The Balaban J connectivity index is 0.000000242. The van der Waals surface area contributed by atoms with Crippen LogP contribution in [0.15, 0.2) is 66.9 Å². The molecule has 0 atom stereocenters.